The van der Waals surface area contributed by atoms with E-state index in [9.17, 15) is 4.79 Å². The van der Waals surface area contributed by atoms with Gasteiger partial charge in [0.1, 0.15) is 5.82 Å². The van der Waals surface area contributed by atoms with Gasteiger partial charge in [0.15, 0.2) is 5.69 Å². The third-order valence-corrected chi connectivity index (χ3v) is 4.05. The molecule has 1 aliphatic carbocycles. The van der Waals surface area contributed by atoms with Crippen molar-refractivity contribution in [1.29, 1.82) is 0 Å². The Balaban J connectivity index is 2.31. The summed E-state index contributed by atoms with van der Waals surface area (Å²) in [7, 11) is 0. The summed E-state index contributed by atoms with van der Waals surface area (Å²) in [5.74, 6) is 3.15. The smallest absolute Gasteiger partial charge is 0.275 e. The number of carbonyl (C=O) groups is 1. The van der Waals surface area contributed by atoms with Crippen LogP contribution in [0.3, 0.4) is 0 Å². The Morgan fingerprint density at radius 2 is 2.19 bits per heavy atom. The van der Waals surface area contributed by atoms with Crippen LogP contribution in [0.4, 0.5) is 0 Å². The van der Waals surface area contributed by atoms with Crippen molar-refractivity contribution in [3.63, 3.8) is 0 Å². The van der Waals surface area contributed by atoms with Crippen LogP contribution in [0, 0.1) is 12.3 Å². The second-order valence-corrected chi connectivity index (χ2v) is 6.06. The molecule has 5 heteroatoms. The Labute approximate surface area is 130 Å². The summed E-state index contributed by atoms with van der Waals surface area (Å²) in [6.07, 6.45) is 11.2. The van der Waals surface area contributed by atoms with Gasteiger partial charge in [-0.05, 0) is 12.8 Å². The molecule has 1 aromatic heterocycles. The van der Waals surface area contributed by atoms with Crippen LogP contribution in [-0.4, -0.2) is 33.4 Å². The molecule has 0 aliphatic heterocycles. The van der Waals surface area contributed by atoms with Crippen molar-refractivity contribution in [2.75, 3.05) is 6.54 Å². The van der Waals surface area contributed by atoms with E-state index < -0.39 is 0 Å². The summed E-state index contributed by atoms with van der Waals surface area (Å²) in [5.41, 5.74) is 0.262. The molecule has 0 atom stereocenters. The normalized spacial score (nSPS) is 15.2. The molecule has 0 radical (unpaired) electrons. The fraction of sp³-hybridized carbons (Fsp3) is 0.562. The number of nitrogens with zero attached hydrogens (tertiary/aromatic N) is 3. The first-order valence-corrected chi connectivity index (χ1v) is 7.69. The van der Waals surface area contributed by atoms with Crippen LogP contribution in [0.25, 0.3) is 0 Å². The molecule has 1 fully saturated rings. The summed E-state index contributed by atoms with van der Waals surface area (Å²) in [5, 5.41) is 0.282. The minimum absolute atomic E-state index is 0.140. The van der Waals surface area contributed by atoms with E-state index in [1.807, 2.05) is 13.8 Å². The number of carbonyl (C=O) groups excluding carboxylic acids is 1. The van der Waals surface area contributed by atoms with Crippen molar-refractivity contribution in [1.82, 2.24) is 14.9 Å². The lowest BCUT2D eigenvalue weighted by atomic mass is 10.1. The Hall–Kier alpha value is -1.60. The second kappa shape index (κ2) is 6.91. The molecule has 0 N–H and O–H groups in total. The van der Waals surface area contributed by atoms with Gasteiger partial charge in [-0.15, -0.1) is 6.42 Å². The highest BCUT2D eigenvalue weighted by Gasteiger charge is 2.29. The quantitative estimate of drug-likeness (QED) is 0.802. The van der Waals surface area contributed by atoms with Crippen molar-refractivity contribution in [3.8, 4) is 12.3 Å². The van der Waals surface area contributed by atoms with Crippen LogP contribution in [-0.2, 0) is 0 Å². The third-order valence-electron chi connectivity index (χ3n) is 3.77. The zero-order chi connectivity index (χ0) is 15.4. The average molecular weight is 306 g/mol. The van der Waals surface area contributed by atoms with Crippen molar-refractivity contribution >= 4 is 17.5 Å². The minimum Gasteiger partial charge on any atom is -0.323 e. The molecule has 1 heterocycles. The maximum absolute atomic E-state index is 12.8. The minimum atomic E-state index is -0.186. The number of rotatable bonds is 4. The SMILES string of the molecule is C#CCN(C(=O)c1nc(C(C)C)ncc1Cl)C1CCCC1. The zero-order valence-corrected chi connectivity index (χ0v) is 13.2. The topological polar surface area (TPSA) is 46.1 Å². The van der Waals surface area contributed by atoms with Gasteiger partial charge in [0, 0.05) is 12.0 Å². The molecule has 1 aromatic rings. The number of terminal acetylenes is 1. The number of amides is 1. The average Bonchev–Trinajstić information content (AvgIpc) is 2.98. The molecule has 0 aromatic carbocycles. The van der Waals surface area contributed by atoms with E-state index in [1.54, 1.807) is 4.90 Å². The molecule has 0 saturated heterocycles. The van der Waals surface area contributed by atoms with Crippen molar-refractivity contribution in [3.05, 3.63) is 22.7 Å². The highest BCUT2D eigenvalue weighted by molar-refractivity contribution is 6.33. The predicted molar refractivity (Wildman–Crippen MR) is 83.3 cm³/mol. The Kier molecular flexibility index (Phi) is 5.19. The maximum Gasteiger partial charge on any atom is 0.275 e. The lowest BCUT2D eigenvalue weighted by Crippen LogP contribution is -2.39. The molecular weight excluding hydrogens is 286 g/mol. The van der Waals surface area contributed by atoms with Gasteiger partial charge < -0.3 is 4.90 Å². The monoisotopic (exact) mass is 305 g/mol. The molecular formula is C16H20ClN3O. The first-order valence-electron chi connectivity index (χ1n) is 7.31. The summed E-state index contributed by atoms with van der Waals surface area (Å²) < 4.78 is 0. The Morgan fingerprint density at radius 1 is 1.52 bits per heavy atom. The summed E-state index contributed by atoms with van der Waals surface area (Å²) in [6.45, 7) is 4.25. The maximum atomic E-state index is 12.8. The van der Waals surface area contributed by atoms with Crippen LogP contribution < -0.4 is 0 Å². The number of aromatic nitrogens is 2. The van der Waals surface area contributed by atoms with Crippen LogP contribution in [0.15, 0.2) is 6.20 Å². The molecule has 0 bridgehead atoms. The molecule has 1 aliphatic rings. The molecule has 1 amide bonds. The molecule has 1 saturated carbocycles. The Bertz CT molecular complexity index is 559. The van der Waals surface area contributed by atoms with Gasteiger partial charge in [-0.3, -0.25) is 4.79 Å². The van der Waals surface area contributed by atoms with E-state index in [0.717, 1.165) is 25.7 Å². The van der Waals surface area contributed by atoms with Gasteiger partial charge in [-0.25, -0.2) is 9.97 Å². The van der Waals surface area contributed by atoms with Gasteiger partial charge in [-0.2, -0.15) is 0 Å². The first-order chi connectivity index (χ1) is 10.0. The predicted octanol–water partition coefficient (Wildman–Crippen LogP) is 3.27. The fourth-order valence-corrected chi connectivity index (χ4v) is 2.80. The molecule has 112 valence electrons. The highest BCUT2D eigenvalue weighted by Crippen LogP contribution is 2.26. The van der Waals surface area contributed by atoms with E-state index in [4.69, 9.17) is 18.0 Å². The van der Waals surface area contributed by atoms with Crippen molar-refractivity contribution < 1.29 is 4.79 Å². The number of halogens is 1. The lowest BCUT2D eigenvalue weighted by molar-refractivity contribution is 0.0704. The summed E-state index contributed by atoms with van der Waals surface area (Å²) in [6, 6.07) is 0.196. The van der Waals surface area contributed by atoms with Crippen LogP contribution in [0.1, 0.15) is 61.8 Å². The molecule has 2 rings (SSSR count). The van der Waals surface area contributed by atoms with E-state index in [1.165, 1.54) is 6.20 Å². The first kappa shape index (κ1) is 15.8. The zero-order valence-electron chi connectivity index (χ0n) is 12.5. The van der Waals surface area contributed by atoms with Gasteiger partial charge in [0.05, 0.1) is 17.8 Å². The summed E-state index contributed by atoms with van der Waals surface area (Å²) >= 11 is 6.12. The van der Waals surface area contributed by atoms with Crippen molar-refractivity contribution in [2.45, 2.75) is 51.5 Å². The number of hydrogen-bond acceptors (Lipinski definition) is 3. The standard InChI is InChI=1S/C16H20ClN3O/c1-4-9-20(12-7-5-6-8-12)16(21)14-13(17)10-18-15(19-14)11(2)3/h1,10-12H,5-9H2,2-3H3. The lowest BCUT2D eigenvalue weighted by Gasteiger charge is -2.27. The van der Waals surface area contributed by atoms with Gasteiger partial charge in [0.2, 0.25) is 0 Å². The third kappa shape index (κ3) is 3.54. The van der Waals surface area contributed by atoms with Gasteiger partial charge >= 0.3 is 0 Å². The van der Waals surface area contributed by atoms with Gasteiger partial charge in [-0.1, -0.05) is 44.2 Å². The molecule has 0 unspecified atom stereocenters. The summed E-state index contributed by atoms with van der Waals surface area (Å²) in [4.78, 5) is 23.0. The van der Waals surface area contributed by atoms with Crippen LogP contribution >= 0.6 is 11.6 Å². The molecule has 21 heavy (non-hydrogen) atoms. The van der Waals surface area contributed by atoms with Gasteiger partial charge in [0.25, 0.3) is 5.91 Å². The molecule has 0 spiro atoms. The van der Waals surface area contributed by atoms with E-state index >= 15 is 0 Å². The van der Waals surface area contributed by atoms with Crippen molar-refractivity contribution in [2.24, 2.45) is 0 Å². The van der Waals surface area contributed by atoms with Crippen LogP contribution in [0.5, 0.6) is 0 Å². The largest absolute Gasteiger partial charge is 0.323 e. The van der Waals surface area contributed by atoms with Crippen LogP contribution in [0.2, 0.25) is 5.02 Å². The van der Waals surface area contributed by atoms with E-state index in [-0.39, 0.29) is 28.6 Å². The Morgan fingerprint density at radius 3 is 2.76 bits per heavy atom. The molecule has 4 nitrogen and oxygen atoms in total. The van der Waals surface area contributed by atoms with E-state index in [0.29, 0.717) is 12.4 Å². The van der Waals surface area contributed by atoms with E-state index in [2.05, 4.69) is 15.9 Å². The highest BCUT2D eigenvalue weighted by atomic mass is 35.5. The fourth-order valence-electron chi connectivity index (χ4n) is 2.63. The number of hydrogen-bond donors (Lipinski definition) is 0. The second-order valence-electron chi connectivity index (χ2n) is 5.65.